The first kappa shape index (κ1) is 8.66. The maximum atomic E-state index is 9.56. The van der Waals surface area contributed by atoms with E-state index in [1.54, 1.807) is 6.07 Å². The summed E-state index contributed by atoms with van der Waals surface area (Å²) in [4.78, 5) is 0. The van der Waals surface area contributed by atoms with Gasteiger partial charge in [0, 0.05) is 23.7 Å². The molecule has 0 fully saturated rings. The van der Waals surface area contributed by atoms with Crippen molar-refractivity contribution in [2.24, 2.45) is 0 Å². The number of benzene rings is 1. The molecule has 3 nitrogen and oxygen atoms in total. The van der Waals surface area contributed by atoms with Gasteiger partial charge in [0.25, 0.3) is 0 Å². The summed E-state index contributed by atoms with van der Waals surface area (Å²) in [5, 5.41) is 13.2. The lowest BCUT2D eigenvalue weighted by Gasteiger charge is -2.08. The number of fused-ring (bicyclic) bond motifs is 1. The maximum Gasteiger partial charge on any atom is 0.129 e. The predicted molar refractivity (Wildman–Crippen MR) is 50.3 cm³/mol. The van der Waals surface area contributed by atoms with Crippen LogP contribution in [0.4, 0.5) is 0 Å². The molecule has 0 saturated heterocycles. The van der Waals surface area contributed by atoms with Gasteiger partial charge >= 0.3 is 0 Å². The van der Waals surface area contributed by atoms with E-state index < -0.39 is 0 Å². The summed E-state index contributed by atoms with van der Waals surface area (Å²) in [7, 11) is 0. The average Bonchev–Trinajstić information content (AvgIpc) is 2.28. The fourth-order valence-corrected chi connectivity index (χ4v) is 1.55. The molecule has 70 valence electrons. The summed E-state index contributed by atoms with van der Waals surface area (Å²) in [5.74, 6) is 0.868. The fraction of sp³-hybridized carbons (Fsp3) is 0.333. The first-order chi connectivity index (χ1) is 6.27. The van der Waals surface area contributed by atoms with Crippen molar-refractivity contribution in [1.29, 1.82) is 0 Å². The van der Waals surface area contributed by atoms with Gasteiger partial charge in [-0.15, -0.1) is 0 Å². The van der Waals surface area contributed by atoms with Crippen molar-refractivity contribution >= 4 is 11.6 Å². The molecule has 0 aromatic heterocycles. The summed E-state index contributed by atoms with van der Waals surface area (Å²) in [5.41, 5.74) is 0.780. The van der Waals surface area contributed by atoms with Crippen molar-refractivity contribution in [3.05, 3.63) is 22.7 Å². The van der Waals surface area contributed by atoms with E-state index in [0.29, 0.717) is 23.9 Å². The van der Waals surface area contributed by atoms with Crippen molar-refractivity contribution in [1.82, 2.24) is 5.32 Å². The Morgan fingerprint density at radius 1 is 1.46 bits per heavy atom. The van der Waals surface area contributed by atoms with Gasteiger partial charge in [-0.1, -0.05) is 11.6 Å². The number of phenols is 1. The summed E-state index contributed by atoms with van der Waals surface area (Å²) in [6.45, 7) is 2.01. The van der Waals surface area contributed by atoms with Crippen molar-refractivity contribution in [3.8, 4) is 11.5 Å². The molecule has 2 N–H and O–H groups in total. The van der Waals surface area contributed by atoms with Crippen LogP contribution in [0.1, 0.15) is 5.56 Å². The molecule has 0 aliphatic carbocycles. The third-order valence-corrected chi connectivity index (χ3v) is 2.21. The Kier molecular flexibility index (Phi) is 2.29. The summed E-state index contributed by atoms with van der Waals surface area (Å²) >= 11 is 5.77. The van der Waals surface area contributed by atoms with E-state index in [2.05, 4.69) is 5.32 Å². The van der Waals surface area contributed by atoms with Crippen LogP contribution in [0.15, 0.2) is 12.1 Å². The van der Waals surface area contributed by atoms with Crippen LogP contribution in [0.25, 0.3) is 0 Å². The molecule has 1 heterocycles. The third kappa shape index (κ3) is 1.71. The molecule has 0 spiro atoms. The second kappa shape index (κ2) is 3.44. The Hall–Kier alpha value is -0.930. The fourth-order valence-electron chi connectivity index (χ4n) is 1.35. The van der Waals surface area contributed by atoms with Gasteiger partial charge in [-0.2, -0.15) is 0 Å². The highest BCUT2D eigenvalue weighted by Crippen LogP contribution is 2.32. The molecule has 13 heavy (non-hydrogen) atoms. The quantitative estimate of drug-likeness (QED) is 0.666. The van der Waals surface area contributed by atoms with Gasteiger partial charge in [0.2, 0.25) is 0 Å². The van der Waals surface area contributed by atoms with E-state index in [1.165, 1.54) is 6.07 Å². The van der Waals surface area contributed by atoms with Crippen molar-refractivity contribution in [2.45, 2.75) is 6.54 Å². The van der Waals surface area contributed by atoms with Gasteiger partial charge in [-0.05, 0) is 12.1 Å². The second-order valence-electron chi connectivity index (χ2n) is 2.93. The van der Waals surface area contributed by atoms with E-state index in [0.717, 1.165) is 12.1 Å². The van der Waals surface area contributed by atoms with Crippen molar-refractivity contribution < 1.29 is 9.84 Å². The highest BCUT2D eigenvalue weighted by atomic mass is 35.5. The molecular formula is C9H10ClNO2. The first-order valence-corrected chi connectivity index (χ1v) is 4.50. The number of hydrogen-bond acceptors (Lipinski definition) is 3. The number of ether oxygens (including phenoxy) is 1. The molecule has 1 aromatic carbocycles. The molecule has 0 unspecified atom stereocenters. The molecule has 0 atom stereocenters. The standard InChI is InChI=1S/C9H10ClNO2/c10-6-3-8(12)7-5-11-1-2-13-9(7)4-6/h3-4,11-12H,1-2,5H2. The molecule has 4 heteroatoms. The molecule has 0 bridgehead atoms. The van der Waals surface area contributed by atoms with Crippen LogP contribution in [0, 0.1) is 0 Å². The van der Waals surface area contributed by atoms with E-state index in [9.17, 15) is 5.11 Å². The van der Waals surface area contributed by atoms with Crippen LogP contribution < -0.4 is 10.1 Å². The average molecular weight is 200 g/mol. The SMILES string of the molecule is Oc1cc(Cl)cc2c1CNCCO2. The molecule has 1 aliphatic rings. The largest absolute Gasteiger partial charge is 0.507 e. The molecule has 0 saturated carbocycles. The minimum Gasteiger partial charge on any atom is -0.507 e. The lowest BCUT2D eigenvalue weighted by atomic mass is 10.2. The van der Waals surface area contributed by atoms with Gasteiger partial charge in [0.15, 0.2) is 0 Å². The maximum absolute atomic E-state index is 9.56. The smallest absolute Gasteiger partial charge is 0.129 e. The highest BCUT2D eigenvalue weighted by molar-refractivity contribution is 6.30. The van der Waals surface area contributed by atoms with Gasteiger partial charge in [0.05, 0.1) is 0 Å². The number of aromatic hydroxyl groups is 1. The van der Waals surface area contributed by atoms with Crippen LogP contribution >= 0.6 is 11.6 Å². The van der Waals surface area contributed by atoms with Gasteiger partial charge in [-0.25, -0.2) is 0 Å². The van der Waals surface area contributed by atoms with Crippen LogP contribution in [-0.2, 0) is 6.54 Å². The Morgan fingerprint density at radius 3 is 3.15 bits per heavy atom. The minimum atomic E-state index is 0.192. The normalized spacial score (nSPS) is 15.8. The Morgan fingerprint density at radius 2 is 2.31 bits per heavy atom. The molecule has 2 rings (SSSR count). The van der Waals surface area contributed by atoms with E-state index in [4.69, 9.17) is 16.3 Å². The zero-order chi connectivity index (χ0) is 9.26. The van der Waals surface area contributed by atoms with Gasteiger partial charge < -0.3 is 15.2 Å². The van der Waals surface area contributed by atoms with Gasteiger partial charge in [-0.3, -0.25) is 0 Å². The van der Waals surface area contributed by atoms with E-state index >= 15 is 0 Å². The Balaban J connectivity index is 2.47. The van der Waals surface area contributed by atoms with Crippen LogP contribution in [0.2, 0.25) is 5.02 Å². The van der Waals surface area contributed by atoms with E-state index in [1.807, 2.05) is 0 Å². The number of halogens is 1. The Labute approximate surface area is 81.3 Å². The minimum absolute atomic E-state index is 0.192. The first-order valence-electron chi connectivity index (χ1n) is 4.12. The lowest BCUT2D eigenvalue weighted by molar-refractivity contribution is 0.324. The number of nitrogens with one attached hydrogen (secondary N) is 1. The number of hydrogen-bond donors (Lipinski definition) is 2. The molecule has 1 aromatic rings. The third-order valence-electron chi connectivity index (χ3n) is 1.99. The summed E-state index contributed by atoms with van der Waals surface area (Å²) in [6.07, 6.45) is 0. The molecule has 0 radical (unpaired) electrons. The summed E-state index contributed by atoms with van der Waals surface area (Å²) in [6, 6.07) is 3.25. The zero-order valence-corrected chi connectivity index (χ0v) is 7.77. The monoisotopic (exact) mass is 199 g/mol. The molecular weight excluding hydrogens is 190 g/mol. The van der Waals surface area contributed by atoms with Gasteiger partial charge in [0.1, 0.15) is 18.1 Å². The topological polar surface area (TPSA) is 41.5 Å². The number of rotatable bonds is 0. The van der Waals surface area contributed by atoms with Crippen LogP contribution in [0.5, 0.6) is 11.5 Å². The van der Waals surface area contributed by atoms with Crippen molar-refractivity contribution in [3.63, 3.8) is 0 Å². The molecule has 1 aliphatic heterocycles. The van der Waals surface area contributed by atoms with Crippen molar-refractivity contribution in [2.75, 3.05) is 13.2 Å². The van der Waals surface area contributed by atoms with E-state index in [-0.39, 0.29) is 5.75 Å². The number of phenolic OH excluding ortho intramolecular Hbond substituents is 1. The molecule has 0 amide bonds. The Bertz CT molecular complexity index is 328. The predicted octanol–water partition coefficient (Wildman–Crippen LogP) is 1.53. The lowest BCUT2D eigenvalue weighted by Crippen LogP contribution is -2.16. The second-order valence-corrected chi connectivity index (χ2v) is 3.36. The van der Waals surface area contributed by atoms with Crippen LogP contribution in [0.3, 0.4) is 0 Å². The highest BCUT2D eigenvalue weighted by Gasteiger charge is 2.13. The summed E-state index contributed by atoms with van der Waals surface area (Å²) < 4.78 is 5.40. The van der Waals surface area contributed by atoms with Crippen LogP contribution in [-0.4, -0.2) is 18.3 Å². The zero-order valence-electron chi connectivity index (χ0n) is 7.01.